The number of nitrogens with zero attached hydrogens (tertiary/aromatic N) is 1. The molecule has 0 bridgehead atoms. The van der Waals surface area contributed by atoms with E-state index >= 15 is 0 Å². The molecular weight excluding hydrogens is 228 g/mol. The van der Waals surface area contributed by atoms with Gasteiger partial charge in [0.15, 0.2) is 0 Å². The average molecular weight is 252 g/mol. The quantitative estimate of drug-likeness (QED) is 0.711. The molecule has 1 saturated heterocycles. The van der Waals surface area contributed by atoms with Gasteiger partial charge in [-0.2, -0.15) is 0 Å². The molecule has 2 fully saturated rings. The third kappa shape index (κ3) is 2.59. The van der Waals surface area contributed by atoms with Gasteiger partial charge in [-0.15, -0.1) is 0 Å². The highest BCUT2D eigenvalue weighted by atomic mass is 16.3. The van der Waals surface area contributed by atoms with E-state index in [2.05, 4.69) is 30.6 Å². The molecule has 1 aliphatic heterocycles. The fraction of sp³-hybridized carbons (Fsp3) is 0.786. The lowest BCUT2D eigenvalue weighted by atomic mass is 9.61. The second-order valence-corrected chi connectivity index (χ2v) is 6.27. The van der Waals surface area contributed by atoms with Gasteiger partial charge in [0.1, 0.15) is 0 Å². The van der Waals surface area contributed by atoms with Crippen LogP contribution >= 0.6 is 0 Å². The highest BCUT2D eigenvalue weighted by Gasteiger charge is 2.53. The molecule has 0 aromatic heterocycles. The highest BCUT2D eigenvalue weighted by molar-refractivity contribution is 5.93. The predicted octanol–water partition coefficient (Wildman–Crippen LogP) is 0.771. The van der Waals surface area contributed by atoms with Crippen LogP contribution in [0, 0.1) is 11.3 Å². The Balaban J connectivity index is 1.68. The molecule has 1 unspecified atom stereocenters. The molecule has 1 amide bonds. The minimum Gasteiger partial charge on any atom is -0.392 e. The summed E-state index contributed by atoms with van der Waals surface area (Å²) in [6.07, 6.45) is 1.93. The maximum absolute atomic E-state index is 11.7. The van der Waals surface area contributed by atoms with Crippen LogP contribution < -0.4 is 5.32 Å². The number of hydrogen-bond acceptors (Lipinski definition) is 3. The summed E-state index contributed by atoms with van der Waals surface area (Å²) in [4.78, 5) is 13.9. The van der Waals surface area contributed by atoms with Crippen molar-refractivity contribution in [2.24, 2.45) is 11.3 Å². The number of carbonyl (C=O) groups is 1. The zero-order valence-electron chi connectivity index (χ0n) is 11.4. The summed E-state index contributed by atoms with van der Waals surface area (Å²) in [5.74, 6) is 0.415. The molecule has 2 aliphatic rings. The lowest BCUT2D eigenvalue weighted by Gasteiger charge is -2.59. The fourth-order valence-electron chi connectivity index (χ4n) is 2.77. The number of aliphatic hydroxyl groups excluding tert-OH is 1. The van der Waals surface area contributed by atoms with Crippen molar-refractivity contribution in [2.75, 3.05) is 26.2 Å². The third-order valence-corrected chi connectivity index (χ3v) is 4.11. The maximum Gasteiger partial charge on any atom is 0.247 e. The Labute approximate surface area is 109 Å². The molecule has 2 rings (SSSR count). The molecule has 4 nitrogen and oxygen atoms in total. The molecule has 18 heavy (non-hydrogen) atoms. The summed E-state index contributed by atoms with van der Waals surface area (Å²) in [6.45, 7) is 11.1. The minimum absolute atomic E-state index is 0.0428. The van der Waals surface area contributed by atoms with E-state index in [0.717, 1.165) is 25.9 Å². The molecule has 4 heteroatoms. The summed E-state index contributed by atoms with van der Waals surface area (Å²) >= 11 is 0. The molecular formula is C14H24N2O2. The standard InChI is InChI=1S/C14H24N2O2/c1-10(2)6-15-13(18)11(3)7-16-8-14(9-16)5-4-12(14)17/h10,12,17H,3-9H2,1-2H3,(H,15,18). The first-order valence-electron chi connectivity index (χ1n) is 6.79. The summed E-state index contributed by atoms with van der Waals surface area (Å²) in [7, 11) is 0. The molecule has 1 spiro atoms. The van der Waals surface area contributed by atoms with Crippen molar-refractivity contribution in [3.05, 3.63) is 12.2 Å². The van der Waals surface area contributed by atoms with Gasteiger partial charge in [-0.1, -0.05) is 20.4 Å². The Morgan fingerprint density at radius 2 is 2.22 bits per heavy atom. The van der Waals surface area contributed by atoms with E-state index in [1.54, 1.807) is 0 Å². The minimum atomic E-state index is -0.128. The van der Waals surface area contributed by atoms with Crippen LogP contribution in [0.4, 0.5) is 0 Å². The Hall–Kier alpha value is -0.870. The maximum atomic E-state index is 11.7. The largest absolute Gasteiger partial charge is 0.392 e. The Morgan fingerprint density at radius 1 is 1.56 bits per heavy atom. The lowest BCUT2D eigenvalue weighted by Crippen LogP contribution is -2.66. The van der Waals surface area contributed by atoms with E-state index in [9.17, 15) is 9.90 Å². The van der Waals surface area contributed by atoms with Crippen LogP contribution in [-0.4, -0.2) is 48.2 Å². The van der Waals surface area contributed by atoms with Crippen LogP contribution in [0.2, 0.25) is 0 Å². The molecule has 0 aromatic carbocycles. The number of likely N-dealkylation sites (tertiary alicyclic amines) is 1. The first kappa shape index (κ1) is 13.6. The third-order valence-electron chi connectivity index (χ3n) is 4.11. The number of amides is 1. The van der Waals surface area contributed by atoms with Gasteiger partial charge in [0.05, 0.1) is 6.10 Å². The van der Waals surface area contributed by atoms with Gasteiger partial charge in [-0.3, -0.25) is 9.69 Å². The number of rotatable bonds is 5. The van der Waals surface area contributed by atoms with E-state index < -0.39 is 0 Å². The summed E-state index contributed by atoms with van der Waals surface area (Å²) in [5, 5.41) is 12.6. The fourth-order valence-corrected chi connectivity index (χ4v) is 2.77. The van der Waals surface area contributed by atoms with Gasteiger partial charge in [-0.05, 0) is 18.8 Å². The van der Waals surface area contributed by atoms with Gasteiger partial charge in [0.2, 0.25) is 5.91 Å². The summed E-state index contributed by atoms with van der Waals surface area (Å²) in [6, 6.07) is 0. The average Bonchev–Trinajstić information content (AvgIpc) is 2.27. The molecule has 1 aliphatic carbocycles. The summed E-state index contributed by atoms with van der Waals surface area (Å²) < 4.78 is 0. The first-order valence-corrected chi connectivity index (χ1v) is 6.79. The summed E-state index contributed by atoms with van der Waals surface area (Å²) in [5.41, 5.74) is 0.772. The van der Waals surface area contributed by atoms with Crippen molar-refractivity contribution in [3.8, 4) is 0 Å². The molecule has 2 N–H and O–H groups in total. The van der Waals surface area contributed by atoms with Gasteiger partial charge in [0.25, 0.3) is 0 Å². The van der Waals surface area contributed by atoms with Crippen molar-refractivity contribution in [1.82, 2.24) is 10.2 Å². The molecule has 1 atom stereocenters. The monoisotopic (exact) mass is 252 g/mol. The second-order valence-electron chi connectivity index (χ2n) is 6.27. The number of aliphatic hydroxyl groups is 1. The zero-order chi connectivity index (χ0) is 13.3. The van der Waals surface area contributed by atoms with Crippen molar-refractivity contribution in [3.63, 3.8) is 0 Å². The van der Waals surface area contributed by atoms with E-state index in [1.165, 1.54) is 0 Å². The van der Waals surface area contributed by atoms with Crippen LogP contribution in [0.5, 0.6) is 0 Å². The number of nitrogens with one attached hydrogen (secondary N) is 1. The van der Waals surface area contributed by atoms with E-state index in [1.807, 2.05) is 0 Å². The zero-order valence-corrected chi connectivity index (χ0v) is 11.4. The van der Waals surface area contributed by atoms with Gasteiger partial charge in [0, 0.05) is 37.2 Å². The number of carbonyl (C=O) groups excluding carboxylic acids is 1. The van der Waals surface area contributed by atoms with Crippen LogP contribution in [-0.2, 0) is 4.79 Å². The molecule has 1 heterocycles. The van der Waals surface area contributed by atoms with Gasteiger partial charge < -0.3 is 10.4 Å². The first-order chi connectivity index (χ1) is 8.43. The molecule has 0 radical (unpaired) electrons. The molecule has 0 aromatic rings. The molecule has 1 saturated carbocycles. The highest BCUT2D eigenvalue weighted by Crippen LogP contribution is 2.48. The van der Waals surface area contributed by atoms with Crippen molar-refractivity contribution in [2.45, 2.75) is 32.8 Å². The normalized spacial score (nSPS) is 25.7. The van der Waals surface area contributed by atoms with Crippen LogP contribution in [0.3, 0.4) is 0 Å². The van der Waals surface area contributed by atoms with Gasteiger partial charge in [-0.25, -0.2) is 0 Å². The van der Waals surface area contributed by atoms with Crippen molar-refractivity contribution < 1.29 is 9.90 Å². The lowest BCUT2D eigenvalue weighted by molar-refractivity contribution is -0.155. The predicted molar refractivity (Wildman–Crippen MR) is 71.1 cm³/mol. The number of hydrogen-bond donors (Lipinski definition) is 2. The Kier molecular flexibility index (Phi) is 3.78. The van der Waals surface area contributed by atoms with Crippen LogP contribution in [0.1, 0.15) is 26.7 Å². The van der Waals surface area contributed by atoms with Gasteiger partial charge >= 0.3 is 0 Å². The second kappa shape index (κ2) is 5.02. The van der Waals surface area contributed by atoms with Crippen molar-refractivity contribution in [1.29, 1.82) is 0 Å². The Bertz CT molecular complexity index is 346. The van der Waals surface area contributed by atoms with Crippen LogP contribution in [0.15, 0.2) is 12.2 Å². The van der Waals surface area contributed by atoms with E-state index in [-0.39, 0.29) is 17.4 Å². The van der Waals surface area contributed by atoms with E-state index in [4.69, 9.17) is 0 Å². The van der Waals surface area contributed by atoms with E-state index in [0.29, 0.717) is 24.6 Å². The topological polar surface area (TPSA) is 52.6 Å². The van der Waals surface area contributed by atoms with Crippen molar-refractivity contribution >= 4 is 5.91 Å². The Morgan fingerprint density at radius 3 is 2.67 bits per heavy atom. The smallest absolute Gasteiger partial charge is 0.247 e. The van der Waals surface area contributed by atoms with Crippen LogP contribution in [0.25, 0.3) is 0 Å². The SMILES string of the molecule is C=C(CN1CC2(CCC2O)C1)C(=O)NCC(C)C. The molecule has 102 valence electrons.